The summed E-state index contributed by atoms with van der Waals surface area (Å²) in [5, 5.41) is 2.93. The Morgan fingerprint density at radius 2 is 2.00 bits per heavy atom. The van der Waals surface area contributed by atoms with Gasteiger partial charge in [-0.25, -0.2) is 0 Å². The van der Waals surface area contributed by atoms with Crippen LogP contribution in [0.4, 0.5) is 13.2 Å². The number of hydrogen-bond donors (Lipinski definition) is 1. The lowest BCUT2D eigenvalue weighted by atomic mass is 10.3. The molecule has 7 heteroatoms. The summed E-state index contributed by atoms with van der Waals surface area (Å²) >= 11 is 6.61. The maximum Gasteiger partial charge on any atom is 0.389 e. The zero-order valence-corrected chi connectivity index (χ0v) is 12.0. The minimum Gasteiger partial charge on any atom is -0.311 e. The van der Waals surface area contributed by atoms with E-state index in [-0.39, 0.29) is 6.42 Å². The average molecular weight is 376 g/mol. The van der Waals surface area contributed by atoms with Crippen molar-refractivity contribution in [2.45, 2.75) is 25.6 Å². The molecule has 2 nitrogen and oxygen atoms in total. The first-order valence-electron chi connectivity index (χ1n) is 4.96. The maximum absolute atomic E-state index is 11.9. The third-order valence-corrected chi connectivity index (χ3v) is 3.11. The van der Waals surface area contributed by atoms with Crippen LogP contribution in [0.5, 0.6) is 0 Å². The summed E-state index contributed by atoms with van der Waals surface area (Å²) in [5.41, 5.74) is 0.778. The lowest BCUT2D eigenvalue weighted by Gasteiger charge is -2.08. The number of hydrogen-bond acceptors (Lipinski definition) is 2. The maximum atomic E-state index is 11.9. The van der Waals surface area contributed by atoms with E-state index < -0.39 is 12.6 Å². The zero-order valence-electron chi connectivity index (χ0n) is 8.82. The molecule has 0 spiro atoms. The highest BCUT2D eigenvalue weighted by molar-refractivity contribution is 9.11. The topological polar surface area (TPSA) is 24.9 Å². The van der Waals surface area contributed by atoms with Crippen molar-refractivity contribution in [3.63, 3.8) is 0 Å². The van der Waals surface area contributed by atoms with Crippen LogP contribution in [0.1, 0.15) is 18.5 Å². The van der Waals surface area contributed by atoms with Gasteiger partial charge in [0.15, 0.2) is 0 Å². The average Bonchev–Trinajstić information content (AvgIpc) is 2.18. The molecule has 96 valence electrons. The number of nitrogens with zero attached hydrogens (tertiary/aromatic N) is 1. The summed E-state index contributed by atoms with van der Waals surface area (Å²) in [7, 11) is 0. The van der Waals surface area contributed by atoms with E-state index in [9.17, 15) is 13.2 Å². The van der Waals surface area contributed by atoms with Gasteiger partial charge >= 0.3 is 6.18 Å². The third kappa shape index (κ3) is 6.38. The van der Waals surface area contributed by atoms with E-state index in [4.69, 9.17) is 0 Å². The smallest absolute Gasteiger partial charge is 0.311 e. The molecule has 0 amide bonds. The molecule has 0 aliphatic heterocycles. The first-order chi connectivity index (χ1) is 7.88. The fourth-order valence-electron chi connectivity index (χ4n) is 1.19. The molecule has 1 N–H and O–H groups in total. The van der Waals surface area contributed by atoms with Gasteiger partial charge in [0.1, 0.15) is 0 Å². The monoisotopic (exact) mass is 374 g/mol. The molecule has 0 saturated carbocycles. The Hall–Kier alpha value is -0.140. The SMILES string of the molecule is FC(F)(F)CCCNCc1ncc(Br)cc1Br. The van der Waals surface area contributed by atoms with Crippen molar-refractivity contribution in [2.24, 2.45) is 0 Å². The summed E-state index contributed by atoms with van der Waals surface area (Å²) in [4.78, 5) is 4.15. The normalized spacial score (nSPS) is 11.8. The molecule has 1 aromatic rings. The van der Waals surface area contributed by atoms with Crippen LogP contribution in [0.25, 0.3) is 0 Å². The summed E-state index contributed by atoms with van der Waals surface area (Å²) < 4.78 is 37.3. The van der Waals surface area contributed by atoms with Gasteiger partial charge in [0.2, 0.25) is 0 Å². The first kappa shape index (κ1) is 14.9. The molecule has 0 aromatic carbocycles. The molecule has 1 heterocycles. The molecular weight excluding hydrogens is 365 g/mol. The van der Waals surface area contributed by atoms with Gasteiger partial charge < -0.3 is 5.32 Å². The molecule has 0 bridgehead atoms. The van der Waals surface area contributed by atoms with Gasteiger partial charge in [-0.1, -0.05) is 0 Å². The summed E-state index contributed by atoms with van der Waals surface area (Å²) in [6, 6.07) is 1.85. The molecule has 0 atom stereocenters. The van der Waals surface area contributed by atoms with Crippen molar-refractivity contribution >= 4 is 31.9 Å². The second-order valence-electron chi connectivity index (χ2n) is 3.48. The van der Waals surface area contributed by atoms with E-state index >= 15 is 0 Å². The second-order valence-corrected chi connectivity index (χ2v) is 5.25. The molecule has 0 radical (unpaired) electrons. The van der Waals surface area contributed by atoms with Gasteiger partial charge in [-0.3, -0.25) is 4.98 Å². The van der Waals surface area contributed by atoms with Crippen LogP contribution < -0.4 is 5.32 Å². The third-order valence-electron chi connectivity index (χ3n) is 1.99. The van der Waals surface area contributed by atoms with Crippen LogP contribution in [-0.2, 0) is 6.54 Å². The van der Waals surface area contributed by atoms with E-state index in [1.54, 1.807) is 6.20 Å². The van der Waals surface area contributed by atoms with Crippen LogP contribution in [0.2, 0.25) is 0 Å². The minimum atomic E-state index is -4.07. The summed E-state index contributed by atoms with van der Waals surface area (Å²) in [6.45, 7) is 0.773. The van der Waals surface area contributed by atoms with Crippen molar-refractivity contribution in [1.82, 2.24) is 10.3 Å². The van der Waals surface area contributed by atoms with Crippen LogP contribution in [0.3, 0.4) is 0 Å². The van der Waals surface area contributed by atoms with Crippen LogP contribution >= 0.6 is 31.9 Å². The van der Waals surface area contributed by atoms with Crippen LogP contribution in [0.15, 0.2) is 21.2 Å². The largest absolute Gasteiger partial charge is 0.389 e. The molecule has 1 rings (SSSR count). The van der Waals surface area contributed by atoms with Crippen molar-refractivity contribution < 1.29 is 13.2 Å². The Morgan fingerprint density at radius 1 is 1.29 bits per heavy atom. The van der Waals surface area contributed by atoms with Crippen molar-refractivity contribution in [3.05, 3.63) is 26.9 Å². The van der Waals surface area contributed by atoms with E-state index in [1.807, 2.05) is 6.07 Å². The number of aromatic nitrogens is 1. The predicted molar refractivity (Wildman–Crippen MR) is 66.6 cm³/mol. The summed E-state index contributed by atoms with van der Waals surface area (Å²) in [5.74, 6) is 0. The molecule has 0 saturated heterocycles. The number of rotatable bonds is 5. The highest BCUT2D eigenvalue weighted by Gasteiger charge is 2.25. The zero-order chi connectivity index (χ0) is 12.9. The molecule has 0 aliphatic rings. The molecule has 1 aromatic heterocycles. The van der Waals surface area contributed by atoms with Gasteiger partial charge in [-0.05, 0) is 50.9 Å². The Morgan fingerprint density at radius 3 is 2.59 bits per heavy atom. The molecule has 17 heavy (non-hydrogen) atoms. The Kier molecular flexibility index (Phi) is 5.88. The fraction of sp³-hybridized carbons (Fsp3) is 0.500. The molecule has 0 aliphatic carbocycles. The van der Waals surface area contributed by atoms with Gasteiger partial charge in [0, 0.05) is 28.1 Å². The number of pyridine rings is 1. The Labute approximate surface area is 114 Å². The quantitative estimate of drug-likeness (QED) is 0.785. The standard InChI is InChI=1S/C10H11Br2F3N2/c11-7-4-8(12)9(17-5-7)6-16-3-1-2-10(13,14)15/h4-5,16H,1-3,6H2. The molecule has 0 unspecified atom stereocenters. The highest BCUT2D eigenvalue weighted by atomic mass is 79.9. The Bertz CT molecular complexity index is 369. The lowest BCUT2D eigenvalue weighted by Crippen LogP contribution is -2.18. The summed E-state index contributed by atoms with van der Waals surface area (Å²) in [6.07, 6.45) is -3.10. The molecule has 0 fully saturated rings. The van der Waals surface area contributed by atoms with Crippen molar-refractivity contribution in [1.29, 1.82) is 0 Å². The van der Waals surface area contributed by atoms with E-state index in [1.165, 1.54) is 0 Å². The first-order valence-corrected chi connectivity index (χ1v) is 6.54. The van der Waals surface area contributed by atoms with Gasteiger partial charge in [-0.15, -0.1) is 0 Å². The predicted octanol–water partition coefficient (Wildman–Crippen LogP) is 4.04. The van der Waals surface area contributed by atoms with Gasteiger partial charge in [0.25, 0.3) is 0 Å². The van der Waals surface area contributed by atoms with Gasteiger partial charge in [0.05, 0.1) is 5.69 Å². The number of nitrogens with one attached hydrogen (secondary N) is 1. The minimum absolute atomic E-state index is 0.0810. The number of alkyl halides is 3. The fourth-order valence-corrected chi connectivity index (χ4v) is 2.32. The highest BCUT2D eigenvalue weighted by Crippen LogP contribution is 2.21. The van der Waals surface area contributed by atoms with Crippen LogP contribution in [0, 0.1) is 0 Å². The van der Waals surface area contributed by atoms with Crippen molar-refractivity contribution in [3.8, 4) is 0 Å². The van der Waals surface area contributed by atoms with E-state index in [0.29, 0.717) is 13.1 Å². The van der Waals surface area contributed by atoms with E-state index in [2.05, 4.69) is 42.2 Å². The van der Waals surface area contributed by atoms with E-state index in [0.717, 1.165) is 14.6 Å². The second kappa shape index (κ2) is 6.70. The lowest BCUT2D eigenvalue weighted by molar-refractivity contribution is -0.135. The number of halogens is 5. The molecular formula is C10H11Br2F3N2. The Balaban J connectivity index is 2.27. The van der Waals surface area contributed by atoms with Crippen molar-refractivity contribution in [2.75, 3.05) is 6.54 Å². The van der Waals surface area contributed by atoms with Crippen LogP contribution in [-0.4, -0.2) is 17.7 Å². The van der Waals surface area contributed by atoms with Gasteiger partial charge in [-0.2, -0.15) is 13.2 Å².